The molecule has 0 saturated heterocycles. The lowest BCUT2D eigenvalue weighted by Gasteiger charge is -2.08. The molecule has 1 aromatic carbocycles. The first kappa shape index (κ1) is 15.1. The Morgan fingerprint density at radius 1 is 1.20 bits per heavy atom. The van der Waals surface area contributed by atoms with Gasteiger partial charge in [-0.15, -0.1) is 11.8 Å². The summed E-state index contributed by atoms with van der Waals surface area (Å²) in [5, 5.41) is 7.73. The van der Waals surface area contributed by atoms with Crippen LogP contribution in [0.2, 0.25) is 0 Å². The second kappa shape index (κ2) is 7.50. The number of hydrogen-bond donors (Lipinski definition) is 1. The van der Waals surface area contributed by atoms with Crippen LogP contribution in [0.15, 0.2) is 41.6 Å². The lowest BCUT2D eigenvalue weighted by Crippen LogP contribution is -2.21. The van der Waals surface area contributed by atoms with E-state index in [2.05, 4.69) is 61.6 Å². The second-order valence-corrected chi connectivity index (χ2v) is 6.22. The highest BCUT2D eigenvalue weighted by atomic mass is 32.2. The Labute approximate surface area is 125 Å². The minimum atomic E-state index is 0.527. The van der Waals surface area contributed by atoms with E-state index in [9.17, 15) is 0 Å². The van der Waals surface area contributed by atoms with Gasteiger partial charge in [0.15, 0.2) is 0 Å². The van der Waals surface area contributed by atoms with E-state index in [0.29, 0.717) is 6.04 Å². The molecular formula is C16H23N3S. The third-order valence-electron chi connectivity index (χ3n) is 3.05. The monoisotopic (exact) mass is 289 g/mol. The Hall–Kier alpha value is -1.26. The van der Waals surface area contributed by atoms with E-state index in [1.807, 2.05) is 22.6 Å². The molecule has 0 radical (unpaired) electrons. The average Bonchev–Trinajstić information content (AvgIpc) is 2.92. The van der Waals surface area contributed by atoms with Crippen LogP contribution in [0.25, 0.3) is 0 Å². The van der Waals surface area contributed by atoms with Gasteiger partial charge in [-0.1, -0.05) is 26.0 Å². The lowest BCUT2D eigenvalue weighted by atomic mass is 10.2. The zero-order valence-electron chi connectivity index (χ0n) is 12.5. The molecule has 1 N–H and O–H groups in total. The topological polar surface area (TPSA) is 29.9 Å². The summed E-state index contributed by atoms with van der Waals surface area (Å²) < 4.78 is 1.97. The van der Waals surface area contributed by atoms with Crippen molar-refractivity contribution in [1.82, 2.24) is 15.1 Å². The third kappa shape index (κ3) is 4.69. The van der Waals surface area contributed by atoms with Crippen LogP contribution in [0.4, 0.5) is 0 Å². The van der Waals surface area contributed by atoms with Crippen LogP contribution < -0.4 is 5.32 Å². The number of benzene rings is 1. The quantitative estimate of drug-likeness (QED) is 0.788. The summed E-state index contributed by atoms with van der Waals surface area (Å²) in [5.41, 5.74) is 2.62. The highest BCUT2D eigenvalue weighted by molar-refractivity contribution is 7.98. The number of nitrogens with zero attached hydrogens (tertiary/aromatic N) is 2. The number of rotatable bonds is 7. The summed E-state index contributed by atoms with van der Waals surface area (Å²) in [7, 11) is 0. The predicted molar refractivity (Wildman–Crippen MR) is 85.9 cm³/mol. The molecule has 0 atom stereocenters. The Balaban J connectivity index is 1.84. The van der Waals surface area contributed by atoms with Crippen molar-refractivity contribution in [2.24, 2.45) is 0 Å². The van der Waals surface area contributed by atoms with Gasteiger partial charge in [0.05, 0.1) is 6.20 Å². The molecule has 1 aromatic heterocycles. The maximum absolute atomic E-state index is 4.30. The van der Waals surface area contributed by atoms with E-state index >= 15 is 0 Å². The Morgan fingerprint density at radius 3 is 2.55 bits per heavy atom. The van der Waals surface area contributed by atoms with E-state index < -0.39 is 0 Å². The standard InChI is InChI=1S/C16H23N3S/c1-4-19-11-15(10-18-19)12-20-16-7-5-14(6-8-16)9-17-13(2)3/h5-8,10-11,13,17H,4,9,12H2,1-3H3. The molecule has 0 unspecified atom stereocenters. The zero-order chi connectivity index (χ0) is 14.4. The van der Waals surface area contributed by atoms with E-state index in [1.165, 1.54) is 16.0 Å². The van der Waals surface area contributed by atoms with E-state index in [0.717, 1.165) is 18.8 Å². The summed E-state index contributed by atoms with van der Waals surface area (Å²) >= 11 is 1.86. The van der Waals surface area contributed by atoms with E-state index in [1.54, 1.807) is 0 Å². The van der Waals surface area contributed by atoms with Gasteiger partial charge in [-0.3, -0.25) is 4.68 Å². The summed E-state index contributed by atoms with van der Waals surface area (Å²) in [5.74, 6) is 0.976. The van der Waals surface area contributed by atoms with Gasteiger partial charge in [-0.25, -0.2) is 0 Å². The van der Waals surface area contributed by atoms with Gasteiger partial charge in [0.25, 0.3) is 0 Å². The maximum atomic E-state index is 4.30. The highest BCUT2D eigenvalue weighted by Gasteiger charge is 2.00. The van der Waals surface area contributed by atoms with Gasteiger partial charge in [0.1, 0.15) is 0 Å². The maximum Gasteiger partial charge on any atom is 0.0530 e. The molecule has 0 saturated carbocycles. The minimum Gasteiger partial charge on any atom is -0.310 e. The van der Waals surface area contributed by atoms with Crippen LogP contribution in [-0.2, 0) is 18.8 Å². The lowest BCUT2D eigenvalue weighted by molar-refractivity contribution is 0.588. The summed E-state index contributed by atoms with van der Waals surface area (Å²) in [4.78, 5) is 1.31. The fourth-order valence-electron chi connectivity index (χ4n) is 1.85. The molecule has 0 aliphatic carbocycles. The van der Waals surface area contributed by atoms with Crippen LogP contribution in [-0.4, -0.2) is 15.8 Å². The van der Waals surface area contributed by atoms with Crippen molar-refractivity contribution in [3.8, 4) is 0 Å². The second-order valence-electron chi connectivity index (χ2n) is 5.17. The normalized spacial score (nSPS) is 11.2. The summed E-state index contributed by atoms with van der Waals surface area (Å²) in [6.07, 6.45) is 4.07. The predicted octanol–water partition coefficient (Wildman–Crippen LogP) is 3.69. The zero-order valence-corrected chi connectivity index (χ0v) is 13.3. The van der Waals surface area contributed by atoms with E-state index in [4.69, 9.17) is 0 Å². The van der Waals surface area contributed by atoms with Gasteiger partial charge in [-0.05, 0) is 24.6 Å². The number of thioether (sulfide) groups is 1. The minimum absolute atomic E-state index is 0.527. The molecular weight excluding hydrogens is 266 g/mol. The van der Waals surface area contributed by atoms with Crippen molar-refractivity contribution < 1.29 is 0 Å². The van der Waals surface area contributed by atoms with Crippen molar-refractivity contribution in [2.75, 3.05) is 0 Å². The van der Waals surface area contributed by atoms with Crippen LogP contribution in [0.5, 0.6) is 0 Å². The SMILES string of the molecule is CCn1cc(CSc2ccc(CNC(C)C)cc2)cn1. The number of aryl methyl sites for hydroxylation is 1. The van der Waals surface area contributed by atoms with Gasteiger partial charge in [0.2, 0.25) is 0 Å². The molecule has 1 heterocycles. The Bertz CT molecular complexity index is 517. The molecule has 0 aliphatic rings. The Morgan fingerprint density at radius 2 is 1.95 bits per heavy atom. The number of aromatic nitrogens is 2. The smallest absolute Gasteiger partial charge is 0.0530 e. The van der Waals surface area contributed by atoms with Crippen LogP contribution in [0.1, 0.15) is 31.9 Å². The van der Waals surface area contributed by atoms with Crippen molar-refractivity contribution in [3.05, 3.63) is 47.8 Å². The van der Waals surface area contributed by atoms with Gasteiger partial charge < -0.3 is 5.32 Å². The molecule has 0 spiro atoms. The van der Waals surface area contributed by atoms with Crippen molar-refractivity contribution in [3.63, 3.8) is 0 Å². The molecule has 4 heteroatoms. The molecule has 0 bridgehead atoms. The van der Waals surface area contributed by atoms with Gasteiger partial charge in [0, 0.05) is 41.5 Å². The van der Waals surface area contributed by atoms with Crippen molar-refractivity contribution in [2.45, 2.75) is 50.6 Å². The largest absolute Gasteiger partial charge is 0.310 e. The fourth-order valence-corrected chi connectivity index (χ4v) is 2.66. The van der Waals surface area contributed by atoms with Crippen molar-refractivity contribution >= 4 is 11.8 Å². The highest BCUT2D eigenvalue weighted by Crippen LogP contribution is 2.22. The van der Waals surface area contributed by atoms with Crippen LogP contribution in [0, 0.1) is 0 Å². The summed E-state index contributed by atoms with van der Waals surface area (Å²) in [6, 6.07) is 9.33. The molecule has 20 heavy (non-hydrogen) atoms. The van der Waals surface area contributed by atoms with Crippen molar-refractivity contribution in [1.29, 1.82) is 0 Å². The molecule has 0 fully saturated rings. The molecule has 108 valence electrons. The molecule has 2 rings (SSSR count). The van der Waals surface area contributed by atoms with Crippen LogP contribution >= 0.6 is 11.8 Å². The molecule has 0 amide bonds. The Kier molecular flexibility index (Phi) is 5.68. The van der Waals surface area contributed by atoms with Gasteiger partial charge >= 0.3 is 0 Å². The van der Waals surface area contributed by atoms with Gasteiger partial charge in [-0.2, -0.15) is 5.10 Å². The van der Waals surface area contributed by atoms with Crippen LogP contribution in [0.3, 0.4) is 0 Å². The fraction of sp³-hybridized carbons (Fsp3) is 0.438. The first-order valence-electron chi connectivity index (χ1n) is 7.14. The molecule has 0 aliphatic heterocycles. The first-order valence-corrected chi connectivity index (χ1v) is 8.12. The molecule has 3 nitrogen and oxygen atoms in total. The van der Waals surface area contributed by atoms with E-state index in [-0.39, 0.29) is 0 Å². The number of nitrogens with one attached hydrogen (secondary N) is 1. The third-order valence-corrected chi connectivity index (χ3v) is 4.14. The average molecular weight is 289 g/mol. The first-order chi connectivity index (χ1) is 9.67. The number of hydrogen-bond acceptors (Lipinski definition) is 3. The summed E-state index contributed by atoms with van der Waals surface area (Å²) in [6.45, 7) is 8.31. The molecule has 2 aromatic rings.